The van der Waals surface area contributed by atoms with Crippen LogP contribution >= 0.6 is 23.2 Å². The van der Waals surface area contributed by atoms with Gasteiger partial charge in [0.2, 0.25) is 0 Å². The second kappa shape index (κ2) is 10.2. The molecule has 2 fully saturated rings. The topological polar surface area (TPSA) is 74.3 Å². The molecular formula is C21H27Cl2NO6. The van der Waals surface area contributed by atoms with Crippen LogP contribution in [0.4, 0.5) is 0 Å². The first-order valence-electron chi connectivity index (χ1n) is 10.2. The summed E-state index contributed by atoms with van der Waals surface area (Å²) in [5.74, 6) is -2.94. The molecular weight excluding hydrogens is 433 g/mol. The van der Waals surface area contributed by atoms with Crippen LogP contribution in [0.5, 0.6) is 5.75 Å². The summed E-state index contributed by atoms with van der Waals surface area (Å²) in [6.45, 7) is 3.77. The van der Waals surface area contributed by atoms with Crippen molar-refractivity contribution in [3.63, 3.8) is 0 Å². The number of methoxy groups -OCH3 is 1. The van der Waals surface area contributed by atoms with Crippen molar-refractivity contribution in [3.05, 3.63) is 28.2 Å². The zero-order chi connectivity index (χ0) is 21.7. The van der Waals surface area contributed by atoms with Crippen molar-refractivity contribution < 1.29 is 28.5 Å². The maximum absolute atomic E-state index is 11.9. The van der Waals surface area contributed by atoms with Gasteiger partial charge < -0.3 is 18.9 Å². The number of hydrogen-bond donors (Lipinski definition) is 0. The summed E-state index contributed by atoms with van der Waals surface area (Å²) in [4.78, 5) is 25.8. The zero-order valence-electron chi connectivity index (χ0n) is 17.2. The molecule has 2 aliphatic heterocycles. The SMILES string of the molecule is CCCCCN1CCC(CCOc2cc(Cl)cc(Cl)c2)C(OC)C12OC(=O)C(=O)O2. The zero-order valence-corrected chi connectivity index (χ0v) is 18.7. The highest BCUT2D eigenvalue weighted by Gasteiger charge is 2.62. The number of nitrogens with zero attached hydrogens (tertiary/aromatic N) is 1. The number of likely N-dealkylation sites (tertiary alicyclic amines) is 1. The van der Waals surface area contributed by atoms with Gasteiger partial charge in [-0.15, -0.1) is 0 Å². The van der Waals surface area contributed by atoms with Crippen molar-refractivity contribution in [3.8, 4) is 5.75 Å². The van der Waals surface area contributed by atoms with E-state index in [1.807, 2.05) is 4.90 Å². The Hall–Kier alpha value is -1.54. The van der Waals surface area contributed by atoms with Gasteiger partial charge in [0, 0.05) is 30.2 Å². The van der Waals surface area contributed by atoms with E-state index < -0.39 is 24.0 Å². The first-order chi connectivity index (χ1) is 14.4. The fourth-order valence-electron chi connectivity index (χ4n) is 4.12. The van der Waals surface area contributed by atoms with Crippen molar-refractivity contribution >= 4 is 35.1 Å². The highest BCUT2D eigenvalue weighted by Crippen LogP contribution is 2.41. The van der Waals surface area contributed by atoms with Gasteiger partial charge in [-0.3, -0.25) is 0 Å². The predicted molar refractivity (Wildman–Crippen MR) is 111 cm³/mol. The van der Waals surface area contributed by atoms with Gasteiger partial charge in [0.1, 0.15) is 5.75 Å². The van der Waals surface area contributed by atoms with Crippen molar-refractivity contribution in [1.82, 2.24) is 4.90 Å². The minimum atomic E-state index is -1.51. The van der Waals surface area contributed by atoms with Crippen LogP contribution < -0.4 is 4.74 Å². The number of rotatable bonds is 9. The van der Waals surface area contributed by atoms with Gasteiger partial charge in [-0.25, -0.2) is 14.5 Å². The largest absolute Gasteiger partial charge is 0.493 e. The van der Waals surface area contributed by atoms with Crippen molar-refractivity contribution in [1.29, 1.82) is 0 Å². The molecule has 1 aromatic rings. The van der Waals surface area contributed by atoms with Crippen LogP contribution in [-0.4, -0.2) is 55.7 Å². The molecule has 0 aromatic heterocycles. The van der Waals surface area contributed by atoms with Crippen LogP contribution in [0, 0.1) is 5.92 Å². The van der Waals surface area contributed by atoms with Crippen LogP contribution in [0.3, 0.4) is 0 Å². The first kappa shape index (κ1) is 23.1. The minimum Gasteiger partial charge on any atom is -0.493 e. The van der Waals surface area contributed by atoms with Gasteiger partial charge >= 0.3 is 17.8 Å². The van der Waals surface area contributed by atoms with E-state index >= 15 is 0 Å². The molecule has 0 amide bonds. The fraction of sp³-hybridized carbons (Fsp3) is 0.619. The van der Waals surface area contributed by atoms with Crippen LogP contribution in [0.1, 0.15) is 39.0 Å². The molecule has 30 heavy (non-hydrogen) atoms. The lowest BCUT2D eigenvalue weighted by molar-refractivity contribution is -0.322. The smallest absolute Gasteiger partial charge is 0.422 e. The number of esters is 2. The normalized spacial score (nSPS) is 23.5. The number of unbranched alkanes of at least 4 members (excludes halogenated alkanes) is 2. The molecule has 1 spiro atoms. The molecule has 0 radical (unpaired) electrons. The standard InChI is InChI=1S/C21H27Cl2NO6/c1-3-4-5-8-24-9-6-14(7-10-28-17-12-15(22)11-16(23)13-17)18(27-2)21(24)29-19(25)20(26)30-21/h11-14,18H,3-10H2,1-2H3. The summed E-state index contributed by atoms with van der Waals surface area (Å²) in [6.07, 6.45) is 3.79. The lowest BCUT2D eigenvalue weighted by Gasteiger charge is -2.48. The molecule has 2 saturated heterocycles. The van der Waals surface area contributed by atoms with Crippen molar-refractivity contribution in [2.45, 2.75) is 51.0 Å². The predicted octanol–water partition coefficient (Wildman–Crippen LogP) is 4.04. The highest BCUT2D eigenvalue weighted by atomic mass is 35.5. The summed E-state index contributed by atoms with van der Waals surface area (Å²) in [5.41, 5.74) is 0. The van der Waals surface area contributed by atoms with Gasteiger partial charge in [-0.05, 0) is 43.4 Å². The molecule has 1 aromatic carbocycles. The van der Waals surface area contributed by atoms with E-state index in [1.54, 1.807) is 18.2 Å². The fourth-order valence-corrected chi connectivity index (χ4v) is 4.63. The minimum absolute atomic E-state index is 0.0363. The maximum atomic E-state index is 11.9. The van der Waals surface area contributed by atoms with Gasteiger partial charge in [-0.2, -0.15) is 0 Å². The summed E-state index contributed by atoms with van der Waals surface area (Å²) >= 11 is 12.0. The van der Waals surface area contributed by atoms with Crippen LogP contribution in [0.2, 0.25) is 10.0 Å². The Kier molecular flexibility index (Phi) is 7.85. The molecule has 0 aliphatic carbocycles. The molecule has 3 rings (SSSR count). The van der Waals surface area contributed by atoms with E-state index in [0.29, 0.717) is 41.9 Å². The number of benzene rings is 1. The van der Waals surface area contributed by atoms with Gasteiger partial charge in [-0.1, -0.05) is 43.0 Å². The van der Waals surface area contributed by atoms with E-state index in [4.69, 9.17) is 42.1 Å². The Morgan fingerprint density at radius 2 is 1.80 bits per heavy atom. The van der Waals surface area contributed by atoms with Crippen LogP contribution in [0.15, 0.2) is 18.2 Å². The van der Waals surface area contributed by atoms with Gasteiger partial charge in [0.05, 0.1) is 6.61 Å². The van der Waals surface area contributed by atoms with Gasteiger partial charge in [0.25, 0.3) is 0 Å². The number of ether oxygens (including phenoxy) is 4. The molecule has 2 unspecified atom stereocenters. The number of piperidine rings is 1. The lowest BCUT2D eigenvalue weighted by atomic mass is 9.87. The molecule has 9 heteroatoms. The molecule has 2 aliphatic rings. The molecule has 0 N–H and O–H groups in total. The maximum Gasteiger partial charge on any atom is 0.422 e. The highest BCUT2D eigenvalue weighted by molar-refractivity contribution is 6.34. The Morgan fingerprint density at radius 3 is 2.40 bits per heavy atom. The summed E-state index contributed by atoms with van der Waals surface area (Å²) in [6, 6.07) is 5.02. The van der Waals surface area contributed by atoms with Crippen molar-refractivity contribution in [2.24, 2.45) is 5.92 Å². The third-order valence-electron chi connectivity index (χ3n) is 5.52. The molecule has 0 saturated carbocycles. The van der Waals surface area contributed by atoms with E-state index in [-0.39, 0.29) is 5.92 Å². The number of hydrogen-bond acceptors (Lipinski definition) is 7. The lowest BCUT2D eigenvalue weighted by Crippen LogP contribution is -2.65. The van der Waals surface area contributed by atoms with E-state index in [0.717, 1.165) is 25.7 Å². The second-order valence-electron chi connectivity index (χ2n) is 7.55. The third-order valence-corrected chi connectivity index (χ3v) is 5.96. The Morgan fingerprint density at radius 1 is 1.13 bits per heavy atom. The summed E-state index contributed by atoms with van der Waals surface area (Å²) in [7, 11) is 1.53. The van der Waals surface area contributed by atoms with Crippen LogP contribution in [-0.2, 0) is 23.8 Å². The quantitative estimate of drug-likeness (QED) is 0.313. The first-order valence-corrected chi connectivity index (χ1v) is 11.0. The summed E-state index contributed by atoms with van der Waals surface area (Å²) < 4.78 is 22.5. The molecule has 2 heterocycles. The van der Waals surface area contributed by atoms with E-state index in [1.165, 1.54) is 7.11 Å². The average Bonchev–Trinajstić information content (AvgIpc) is 2.97. The van der Waals surface area contributed by atoms with Gasteiger partial charge in [0.15, 0.2) is 6.10 Å². The molecule has 2 atom stereocenters. The summed E-state index contributed by atoms with van der Waals surface area (Å²) in [5, 5.41) is 0.993. The van der Waals surface area contributed by atoms with E-state index in [2.05, 4.69) is 6.92 Å². The molecule has 0 bridgehead atoms. The van der Waals surface area contributed by atoms with Crippen molar-refractivity contribution in [2.75, 3.05) is 26.8 Å². The molecule has 7 nitrogen and oxygen atoms in total. The second-order valence-corrected chi connectivity index (χ2v) is 8.42. The Labute approximate surface area is 186 Å². The average molecular weight is 460 g/mol. The van der Waals surface area contributed by atoms with E-state index in [9.17, 15) is 9.59 Å². The number of carbonyl (C=O) groups is 2. The number of carbonyl (C=O) groups excluding carboxylic acids is 2. The Balaban J connectivity index is 1.70. The number of halogens is 2. The van der Waals surface area contributed by atoms with Crippen LogP contribution in [0.25, 0.3) is 0 Å². The third kappa shape index (κ3) is 5.02. The monoisotopic (exact) mass is 459 g/mol. The Bertz CT molecular complexity index is 738. The molecule has 166 valence electrons.